The molecule has 2 heterocycles. The molecule has 1 fully saturated rings. The average molecular weight is 363 g/mol. The third-order valence-corrected chi connectivity index (χ3v) is 5.17. The van der Waals surface area contributed by atoms with Crippen LogP contribution >= 0.6 is 0 Å². The van der Waals surface area contributed by atoms with E-state index in [4.69, 9.17) is 10.3 Å². The molecule has 1 saturated heterocycles. The Bertz CT molecular complexity index is 864. The van der Waals surface area contributed by atoms with E-state index in [2.05, 4.69) is 51.1 Å². The van der Waals surface area contributed by atoms with Gasteiger partial charge in [0.15, 0.2) is 0 Å². The molecule has 1 aliphatic rings. The summed E-state index contributed by atoms with van der Waals surface area (Å²) in [7, 11) is 0. The predicted molar refractivity (Wildman–Crippen MR) is 107 cm³/mol. The minimum absolute atomic E-state index is 0.525. The van der Waals surface area contributed by atoms with Gasteiger partial charge in [-0.3, -0.25) is 0 Å². The Morgan fingerprint density at radius 2 is 1.59 bits per heavy atom. The molecule has 0 amide bonds. The molecule has 0 spiro atoms. The van der Waals surface area contributed by atoms with Gasteiger partial charge in [-0.1, -0.05) is 36.3 Å². The smallest absolute Gasteiger partial charge is 0.258 e. The van der Waals surface area contributed by atoms with Crippen molar-refractivity contribution in [2.24, 2.45) is 5.73 Å². The summed E-state index contributed by atoms with van der Waals surface area (Å²) in [6.45, 7) is 8.24. The number of piperazine rings is 1. The monoisotopic (exact) mass is 363 g/mol. The van der Waals surface area contributed by atoms with Crippen molar-refractivity contribution >= 4 is 5.69 Å². The summed E-state index contributed by atoms with van der Waals surface area (Å²) in [4.78, 5) is 9.44. The highest BCUT2D eigenvalue weighted by atomic mass is 16.5. The number of nitrogens with two attached hydrogens (primary N) is 1. The predicted octanol–water partition coefficient (Wildman–Crippen LogP) is 3.00. The fraction of sp³-hybridized carbons (Fsp3) is 0.333. The lowest BCUT2D eigenvalue weighted by atomic mass is 10.1. The van der Waals surface area contributed by atoms with Crippen LogP contribution in [0.3, 0.4) is 0 Å². The molecule has 140 valence electrons. The topological polar surface area (TPSA) is 71.4 Å². The van der Waals surface area contributed by atoms with Crippen LogP contribution in [0.4, 0.5) is 5.69 Å². The third-order valence-electron chi connectivity index (χ3n) is 5.17. The lowest BCUT2D eigenvalue weighted by molar-refractivity contribution is 0.271. The van der Waals surface area contributed by atoms with Gasteiger partial charge in [-0.05, 0) is 36.4 Å². The lowest BCUT2D eigenvalue weighted by Crippen LogP contribution is -2.46. The number of rotatable bonds is 5. The van der Waals surface area contributed by atoms with Gasteiger partial charge < -0.3 is 20.1 Å². The Morgan fingerprint density at radius 1 is 0.926 bits per heavy atom. The van der Waals surface area contributed by atoms with Crippen LogP contribution in [0.25, 0.3) is 22.8 Å². The molecule has 0 bridgehead atoms. The van der Waals surface area contributed by atoms with E-state index in [1.165, 1.54) is 5.69 Å². The van der Waals surface area contributed by atoms with Crippen molar-refractivity contribution < 1.29 is 4.52 Å². The van der Waals surface area contributed by atoms with E-state index in [1.807, 2.05) is 24.3 Å². The molecule has 3 aromatic rings. The number of benzene rings is 2. The molecular formula is C21H25N5O. The molecular weight excluding hydrogens is 338 g/mol. The number of likely N-dealkylation sites (N-methyl/N-ethyl adjacent to an activating group) is 1. The van der Waals surface area contributed by atoms with Crippen molar-refractivity contribution in [1.29, 1.82) is 0 Å². The summed E-state index contributed by atoms with van der Waals surface area (Å²) in [5.41, 5.74) is 9.82. The minimum Gasteiger partial charge on any atom is -0.369 e. The summed E-state index contributed by atoms with van der Waals surface area (Å²) in [6, 6.07) is 16.3. The van der Waals surface area contributed by atoms with E-state index in [0.29, 0.717) is 18.3 Å². The molecule has 1 aliphatic heterocycles. The van der Waals surface area contributed by atoms with Crippen molar-refractivity contribution in [2.45, 2.75) is 13.5 Å². The van der Waals surface area contributed by atoms with E-state index < -0.39 is 0 Å². The molecule has 6 nitrogen and oxygen atoms in total. The Hall–Kier alpha value is -2.70. The third kappa shape index (κ3) is 3.86. The van der Waals surface area contributed by atoms with Crippen molar-refractivity contribution in [3.8, 4) is 22.8 Å². The van der Waals surface area contributed by atoms with Crippen LogP contribution < -0.4 is 10.6 Å². The zero-order chi connectivity index (χ0) is 18.6. The normalized spacial score (nSPS) is 15.3. The van der Waals surface area contributed by atoms with Crippen LogP contribution in [-0.4, -0.2) is 47.8 Å². The average Bonchev–Trinajstić information content (AvgIpc) is 3.24. The van der Waals surface area contributed by atoms with Crippen molar-refractivity contribution in [2.75, 3.05) is 37.6 Å². The molecule has 4 rings (SSSR count). The molecule has 27 heavy (non-hydrogen) atoms. The van der Waals surface area contributed by atoms with Gasteiger partial charge in [0, 0.05) is 49.5 Å². The number of hydrogen-bond acceptors (Lipinski definition) is 6. The lowest BCUT2D eigenvalue weighted by Gasteiger charge is -2.35. The first-order valence-corrected chi connectivity index (χ1v) is 9.47. The van der Waals surface area contributed by atoms with Crippen LogP contribution in [-0.2, 0) is 6.54 Å². The molecule has 2 aromatic carbocycles. The van der Waals surface area contributed by atoms with E-state index in [1.54, 1.807) is 0 Å². The Balaban J connectivity index is 1.47. The molecule has 0 atom stereocenters. The fourth-order valence-corrected chi connectivity index (χ4v) is 3.39. The van der Waals surface area contributed by atoms with Crippen molar-refractivity contribution in [1.82, 2.24) is 15.0 Å². The standard InChI is InChI=1S/C21H25N5O/c1-2-25-11-13-26(14-12-25)19-9-7-18(8-10-19)21-23-20(24-27-21)17-5-3-16(15-22)4-6-17/h3-10H,2,11-15,22H2,1H3. The second kappa shape index (κ2) is 7.90. The van der Waals surface area contributed by atoms with Gasteiger partial charge in [0.1, 0.15) is 0 Å². The zero-order valence-corrected chi connectivity index (χ0v) is 15.6. The second-order valence-electron chi connectivity index (χ2n) is 6.79. The van der Waals surface area contributed by atoms with Gasteiger partial charge in [0.25, 0.3) is 5.89 Å². The fourth-order valence-electron chi connectivity index (χ4n) is 3.39. The zero-order valence-electron chi connectivity index (χ0n) is 15.6. The van der Waals surface area contributed by atoms with Gasteiger partial charge in [-0.25, -0.2) is 0 Å². The Kier molecular flexibility index (Phi) is 5.18. The maximum Gasteiger partial charge on any atom is 0.258 e. The maximum absolute atomic E-state index is 5.64. The highest BCUT2D eigenvalue weighted by molar-refractivity contribution is 5.62. The first kappa shape index (κ1) is 17.7. The second-order valence-corrected chi connectivity index (χ2v) is 6.79. The quantitative estimate of drug-likeness (QED) is 0.751. The summed E-state index contributed by atoms with van der Waals surface area (Å²) in [5, 5.41) is 4.12. The van der Waals surface area contributed by atoms with Crippen LogP contribution in [0.1, 0.15) is 12.5 Å². The van der Waals surface area contributed by atoms with Gasteiger partial charge >= 0.3 is 0 Å². The number of anilines is 1. The summed E-state index contributed by atoms with van der Waals surface area (Å²) in [5.74, 6) is 1.13. The van der Waals surface area contributed by atoms with Crippen LogP contribution in [0, 0.1) is 0 Å². The number of aromatic nitrogens is 2. The summed E-state index contributed by atoms with van der Waals surface area (Å²) >= 11 is 0. The van der Waals surface area contributed by atoms with E-state index in [9.17, 15) is 0 Å². The van der Waals surface area contributed by atoms with Crippen LogP contribution in [0.2, 0.25) is 0 Å². The Morgan fingerprint density at radius 3 is 2.22 bits per heavy atom. The molecule has 1 aromatic heterocycles. The highest BCUT2D eigenvalue weighted by Gasteiger charge is 2.16. The largest absolute Gasteiger partial charge is 0.369 e. The summed E-state index contributed by atoms with van der Waals surface area (Å²) in [6.07, 6.45) is 0. The van der Waals surface area contributed by atoms with Gasteiger partial charge in [0.2, 0.25) is 5.82 Å². The van der Waals surface area contributed by atoms with E-state index in [-0.39, 0.29) is 0 Å². The van der Waals surface area contributed by atoms with Crippen molar-refractivity contribution in [3.05, 3.63) is 54.1 Å². The van der Waals surface area contributed by atoms with Crippen LogP contribution in [0.5, 0.6) is 0 Å². The molecule has 0 unspecified atom stereocenters. The first-order chi connectivity index (χ1) is 13.3. The van der Waals surface area contributed by atoms with Gasteiger partial charge in [-0.2, -0.15) is 4.98 Å². The van der Waals surface area contributed by atoms with E-state index >= 15 is 0 Å². The molecule has 0 aliphatic carbocycles. The SMILES string of the molecule is CCN1CCN(c2ccc(-c3nc(-c4ccc(CN)cc4)no3)cc2)CC1. The van der Waals surface area contributed by atoms with Crippen molar-refractivity contribution in [3.63, 3.8) is 0 Å². The number of nitrogens with zero attached hydrogens (tertiary/aromatic N) is 4. The maximum atomic E-state index is 5.64. The molecule has 0 radical (unpaired) electrons. The van der Waals surface area contributed by atoms with Gasteiger partial charge in [0.05, 0.1) is 0 Å². The molecule has 6 heteroatoms. The molecule has 0 saturated carbocycles. The van der Waals surface area contributed by atoms with E-state index in [0.717, 1.165) is 49.4 Å². The van der Waals surface area contributed by atoms with Crippen LogP contribution in [0.15, 0.2) is 53.1 Å². The first-order valence-electron chi connectivity index (χ1n) is 9.47. The number of hydrogen-bond donors (Lipinski definition) is 1. The molecule has 2 N–H and O–H groups in total. The van der Waals surface area contributed by atoms with Gasteiger partial charge in [-0.15, -0.1) is 0 Å². The summed E-state index contributed by atoms with van der Waals surface area (Å²) < 4.78 is 5.47. The highest BCUT2D eigenvalue weighted by Crippen LogP contribution is 2.25. The Labute approximate surface area is 159 Å². The minimum atomic E-state index is 0.525.